The zero-order chi connectivity index (χ0) is 37.5. The molecule has 0 unspecified atom stereocenters. The fourth-order valence-corrected chi connectivity index (χ4v) is 8.40. The highest BCUT2D eigenvalue weighted by Gasteiger charge is 2.19. The van der Waals surface area contributed by atoms with Crippen LogP contribution in [-0.2, 0) is 0 Å². The number of fused-ring (bicyclic) bond motifs is 9. The number of para-hydroxylation sites is 3. The Hall–Kier alpha value is -7.83. The van der Waals surface area contributed by atoms with E-state index in [-0.39, 0.29) is 0 Å². The Morgan fingerprint density at radius 3 is 1.70 bits per heavy atom. The average molecular weight is 731 g/mol. The molecule has 6 heteroatoms. The number of nitrogens with zero attached hydrogens (tertiary/aromatic N) is 4. The Balaban J connectivity index is 0.986. The third-order valence-electron chi connectivity index (χ3n) is 11.1. The summed E-state index contributed by atoms with van der Waals surface area (Å²) in [7, 11) is 0. The third kappa shape index (κ3) is 5.01. The Morgan fingerprint density at radius 2 is 0.895 bits per heavy atom. The van der Waals surface area contributed by atoms with Crippen molar-refractivity contribution in [1.82, 2.24) is 19.5 Å². The van der Waals surface area contributed by atoms with Crippen molar-refractivity contribution in [2.24, 2.45) is 0 Å². The molecule has 0 fully saturated rings. The van der Waals surface area contributed by atoms with Crippen LogP contribution in [0, 0.1) is 0 Å². The number of hydrogen-bond acceptors (Lipinski definition) is 5. The zero-order valence-electron chi connectivity index (χ0n) is 30.4. The summed E-state index contributed by atoms with van der Waals surface area (Å²) in [6.07, 6.45) is 0. The molecule has 0 spiro atoms. The molecule has 12 rings (SSSR count). The first-order valence-electron chi connectivity index (χ1n) is 19.0. The first-order valence-corrected chi connectivity index (χ1v) is 19.0. The van der Waals surface area contributed by atoms with Crippen LogP contribution in [0.3, 0.4) is 0 Å². The Morgan fingerprint density at radius 1 is 0.333 bits per heavy atom. The molecule has 6 nitrogen and oxygen atoms in total. The van der Waals surface area contributed by atoms with E-state index in [9.17, 15) is 0 Å². The van der Waals surface area contributed by atoms with E-state index in [2.05, 4.69) is 120 Å². The summed E-state index contributed by atoms with van der Waals surface area (Å²) in [5.41, 5.74) is 11.5. The largest absolute Gasteiger partial charge is 0.456 e. The first-order chi connectivity index (χ1) is 28.2. The minimum atomic E-state index is 0.564. The smallest absolute Gasteiger partial charge is 0.164 e. The minimum Gasteiger partial charge on any atom is -0.456 e. The van der Waals surface area contributed by atoms with Gasteiger partial charge in [-0.05, 0) is 71.8 Å². The van der Waals surface area contributed by atoms with Crippen molar-refractivity contribution >= 4 is 65.7 Å². The molecule has 4 heterocycles. The Kier molecular flexibility index (Phi) is 6.83. The summed E-state index contributed by atoms with van der Waals surface area (Å²) < 4.78 is 15.2. The van der Waals surface area contributed by atoms with Crippen LogP contribution in [-0.4, -0.2) is 19.5 Å². The van der Waals surface area contributed by atoms with Crippen molar-refractivity contribution in [2.75, 3.05) is 0 Å². The molecule has 0 saturated heterocycles. The molecule has 4 aromatic heterocycles. The van der Waals surface area contributed by atoms with Gasteiger partial charge >= 0.3 is 0 Å². The summed E-state index contributed by atoms with van der Waals surface area (Å²) >= 11 is 0. The summed E-state index contributed by atoms with van der Waals surface area (Å²) in [4.78, 5) is 15.2. The molecule has 0 aliphatic rings. The molecule has 0 bridgehead atoms. The van der Waals surface area contributed by atoms with Gasteiger partial charge in [-0.1, -0.05) is 121 Å². The number of furan rings is 2. The van der Waals surface area contributed by atoms with Gasteiger partial charge in [0.05, 0.1) is 11.0 Å². The van der Waals surface area contributed by atoms with Crippen molar-refractivity contribution in [3.8, 4) is 51.0 Å². The molecule has 57 heavy (non-hydrogen) atoms. The van der Waals surface area contributed by atoms with Gasteiger partial charge in [-0.3, -0.25) is 0 Å². The van der Waals surface area contributed by atoms with Crippen molar-refractivity contribution in [3.05, 3.63) is 182 Å². The monoisotopic (exact) mass is 730 g/mol. The van der Waals surface area contributed by atoms with Gasteiger partial charge in [0.25, 0.3) is 0 Å². The third-order valence-corrected chi connectivity index (χ3v) is 11.1. The van der Waals surface area contributed by atoms with E-state index in [1.165, 1.54) is 16.3 Å². The highest BCUT2D eigenvalue weighted by atomic mass is 16.3. The normalized spacial score (nSPS) is 11.9. The lowest BCUT2D eigenvalue weighted by Crippen LogP contribution is -2.00. The van der Waals surface area contributed by atoms with Gasteiger partial charge in [-0.15, -0.1) is 0 Å². The van der Waals surface area contributed by atoms with Crippen molar-refractivity contribution in [3.63, 3.8) is 0 Å². The highest BCUT2D eigenvalue weighted by molar-refractivity contribution is 6.13. The summed E-state index contributed by atoms with van der Waals surface area (Å²) in [6, 6.07) is 62.8. The van der Waals surface area contributed by atoms with Gasteiger partial charge in [-0.25, -0.2) is 15.0 Å². The second-order valence-electron chi connectivity index (χ2n) is 14.4. The first kappa shape index (κ1) is 31.5. The SMILES string of the molecule is c1ccc(-c2nc(-c3ccc4c(c3)oc3cc(-c5ccc6c7ccccc7n(-c7ccccc7)c6c5)ccc34)nc(-c3cccc4oc5ccccc5c34)n2)cc1. The van der Waals surface area contributed by atoms with Gasteiger partial charge in [0, 0.05) is 54.7 Å². The van der Waals surface area contributed by atoms with E-state index in [1.807, 2.05) is 66.7 Å². The summed E-state index contributed by atoms with van der Waals surface area (Å²) in [5, 5.41) is 6.55. The fraction of sp³-hybridized carbons (Fsp3) is 0. The number of aromatic nitrogens is 4. The molecule has 8 aromatic carbocycles. The van der Waals surface area contributed by atoms with Gasteiger partial charge in [0.1, 0.15) is 22.3 Å². The number of benzene rings is 8. The van der Waals surface area contributed by atoms with Crippen LogP contribution in [0.2, 0.25) is 0 Å². The topological polar surface area (TPSA) is 69.9 Å². The van der Waals surface area contributed by atoms with E-state index in [4.69, 9.17) is 23.8 Å². The number of hydrogen-bond donors (Lipinski definition) is 0. The van der Waals surface area contributed by atoms with Gasteiger partial charge < -0.3 is 13.4 Å². The van der Waals surface area contributed by atoms with E-state index in [0.717, 1.165) is 82.9 Å². The van der Waals surface area contributed by atoms with E-state index in [0.29, 0.717) is 17.5 Å². The summed E-state index contributed by atoms with van der Waals surface area (Å²) in [5.74, 6) is 1.74. The van der Waals surface area contributed by atoms with Crippen LogP contribution in [0.5, 0.6) is 0 Å². The molecule has 0 amide bonds. The Labute approximate surface area is 325 Å². The lowest BCUT2D eigenvalue weighted by atomic mass is 10.0. The predicted molar refractivity (Wildman–Crippen MR) is 230 cm³/mol. The van der Waals surface area contributed by atoms with Crippen LogP contribution in [0.25, 0.3) is 117 Å². The molecule has 0 aliphatic heterocycles. The van der Waals surface area contributed by atoms with Crippen molar-refractivity contribution in [2.45, 2.75) is 0 Å². The molecule has 0 aliphatic carbocycles. The van der Waals surface area contributed by atoms with E-state index < -0.39 is 0 Å². The maximum Gasteiger partial charge on any atom is 0.164 e. The molecule has 266 valence electrons. The summed E-state index contributed by atoms with van der Waals surface area (Å²) in [6.45, 7) is 0. The van der Waals surface area contributed by atoms with Crippen LogP contribution in [0.1, 0.15) is 0 Å². The maximum atomic E-state index is 6.64. The standard InChI is InChI=1S/C51H30N4O2/c1-3-12-31(13-4-1)49-52-50(54-51(53-49)41-18-11-21-45-48(41)40-17-8-10-20-44(40)56-45)34-24-27-39-38-26-23-33(29-46(38)57-47(39)30-34)32-22-25-37-36-16-7-9-19-42(36)55(43(37)28-32)35-14-5-2-6-15-35/h1-30H. The number of rotatable bonds is 5. The van der Waals surface area contributed by atoms with Crippen LogP contribution in [0.4, 0.5) is 0 Å². The Bertz CT molecular complexity index is 3530. The maximum absolute atomic E-state index is 6.64. The van der Waals surface area contributed by atoms with Gasteiger partial charge in [0.2, 0.25) is 0 Å². The van der Waals surface area contributed by atoms with E-state index >= 15 is 0 Å². The lowest BCUT2D eigenvalue weighted by Gasteiger charge is -2.09. The highest BCUT2D eigenvalue weighted by Crippen LogP contribution is 2.39. The van der Waals surface area contributed by atoms with Crippen molar-refractivity contribution in [1.29, 1.82) is 0 Å². The molecule has 0 saturated carbocycles. The average Bonchev–Trinajstić information content (AvgIpc) is 3.95. The van der Waals surface area contributed by atoms with Crippen LogP contribution in [0.15, 0.2) is 191 Å². The lowest BCUT2D eigenvalue weighted by molar-refractivity contribution is 0.668. The molecule has 0 atom stereocenters. The molecule has 0 N–H and O–H groups in total. The van der Waals surface area contributed by atoms with E-state index in [1.54, 1.807) is 0 Å². The second kappa shape index (κ2) is 12.3. The molecular formula is C51H30N4O2. The van der Waals surface area contributed by atoms with Gasteiger partial charge in [-0.2, -0.15) is 0 Å². The zero-order valence-corrected chi connectivity index (χ0v) is 30.4. The second-order valence-corrected chi connectivity index (χ2v) is 14.4. The van der Waals surface area contributed by atoms with Crippen molar-refractivity contribution < 1.29 is 8.83 Å². The van der Waals surface area contributed by atoms with Crippen LogP contribution < -0.4 is 0 Å². The van der Waals surface area contributed by atoms with Crippen LogP contribution >= 0.6 is 0 Å². The minimum absolute atomic E-state index is 0.564. The molecule has 12 aromatic rings. The molecular weight excluding hydrogens is 701 g/mol. The fourth-order valence-electron chi connectivity index (χ4n) is 8.40. The van der Waals surface area contributed by atoms with Gasteiger partial charge in [0.15, 0.2) is 17.5 Å². The predicted octanol–water partition coefficient (Wildman–Crippen LogP) is 13.4. The molecule has 0 radical (unpaired) electrons. The quantitative estimate of drug-likeness (QED) is 0.176.